The largest absolute Gasteiger partial charge is 0.477 e. The Kier molecular flexibility index (Phi) is 5.31. The van der Waals surface area contributed by atoms with Crippen molar-refractivity contribution < 1.29 is 15.0 Å². The molecule has 1 saturated heterocycles. The number of aromatic carboxylic acids is 1. The van der Waals surface area contributed by atoms with Gasteiger partial charge < -0.3 is 25.4 Å². The molecule has 9 heteroatoms. The smallest absolute Gasteiger partial charge is 0.341 e. The number of nitrogens with one attached hydrogen (secondary N) is 2. The minimum atomic E-state index is -1.30. The zero-order valence-corrected chi connectivity index (χ0v) is 19.5. The molecule has 0 amide bonds. The van der Waals surface area contributed by atoms with E-state index in [2.05, 4.69) is 26.7 Å². The second-order valence-corrected chi connectivity index (χ2v) is 9.45. The molecule has 0 radical (unpaired) electrons. The van der Waals surface area contributed by atoms with E-state index in [4.69, 9.17) is 0 Å². The number of β-amino-alcohol motifs (C(OH)–C–C–N with tert-alkyl or cyclic N) is 1. The lowest BCUT2D eigenvalue weighted by Crippen LogP contribution is -2.28. The van der Waals surface area contributed by atoms with Gasteiger partial charge in [0.1, 0.15) is 11.2 Å². The molecule has 6 rings (SSSR count). The van der Waals surface area contributed by atoms with Gasteiger partial charge in [0.15, 0.2) is 5.65 Å². The lowest BCUT2D eigenvalue weighted by atomic mass is 9.93. The molecule has 1 atom stereocenters. The maximum absolute atomic E-state index is 12.9. The highest BCUT2D eigenvalue weighted by molar-refractivity contribution is 5.92. The monoisotopic (exact) mass is 483 g/mol. The van der Waals surface area contributed by atoms with Gasteiger partial charge in [0, 0.05) is 30.3 Å². The van der Waals surface area contributed by atoms with E-state index in [0.717, 1.165) is 37.1 Å². The average Bonchev–Trinajstić information content (AvgIpc) is 3.53. The number of carboxylic acids is 1. The minimum Gasteiger partial charge on any atom is -0.477 e. The molecule has 2 aliphatic rings. The van der Waals surface area contributed by atoms with Crippen molar-refractivity contribution in [1.29, 1.82) is 0 Å². The van der Waals surface area contributed by atoms with Crippen molar-refractivity contribution in [2.75, 3.05) is 18.4 Å². The molecule has 182 valence electrons. The Morgan fingerprint density at radius 1 is 1.14 bits per heavy atom. The van der Waals surface area contributed by atoms with Gasteiger partial charge in [-0.15, -0.1) is 0 Å². The number of nitrogens with zero attached hydrogens (tertiary/aromatic N) is 3. The van der Waals surface area contributed by atoms with Crippen LogP contribution in [0.1, 0.15) is 39.9 Å². The van der Waals surface area contributed by atoms with Crippen LogP contribution in [0.4, 0.5) is 11.6 Å². The van der Waals surface area contributed by atoms with E-state index in [1.54, 1.807) is 4.57 Å². The minimum absolute atomic E-state index is 0.126. The summed E-state index contributed by atoms with van der Waals surface area (Å²) in [6, 6.07) is 13.5. The van der Waals surface area contributed by atoms with Gasteiger partial charge in [-0.05, 0) is 73.2 Å². The molecule has 2 aromatic carbocycles. The van der Waals surface area contributed by atoms with Crippen LogP contribution in [0, 0.1) is 0 Å². The van der Waals surface area contributed by atoms with E-state index in [1.807, 2.05) is 36.4 Å². The highest BCUT2D eigenvalue weighted by Crippen LogP contribution is 2.30. The first-order chi connectivity index (χ1) is 17.4. The number of fused-ring (bicyclic) bond motifs is 2. The molecule has 0 spiro atoms. The van der Waals surface area contributed by atoms with E-state index in [1.165, 1.54) is 23.5 Å². The Morgan fingerprint density at radius 2 is 2.00 bits per heavy atom. The normalized spacial score (nSPS) is 18.9. The van der Waals surface area contributed by atoms with Crippen LogP contribution in [-0.4, -0.2) is 43.8 Å². The summed E-state index contributed by atoms with van der Waals surface area (Å²) in [6.07, 6.45) is 6.41. The van der Waals surface area contributed by atoms with Crippen molar-refractivity contribution >= 4 is 28.6 Å². The summed E-state index contributed by atoms with van der Waals surface area (Å²) in [5, 5.41) is 27.0. The van der Waals surface area contributed by atoms with Crippen LogP contribution in [0.3, 0.4) is 0 Å². The van der Waals surface area contributed by atoms with E-state index >= 15 is 0 Å². The maximum atomic E-state index is 12.9. The summed E-state index contributed by atoms with van der Waals surface area (Å²) in [5.74, 6) is -1.04. The Bertz CT molecular complexity index is 1570. The summed E-state index contributed by atoms with van der Waals surface area (Å²) >= 11 is 0. The zero-order chi connectivity index (χ0) is 24.9. The van der Waals surface area contributed by atoms with Crippen LogP contribution in [-0.2, 0) is 18.4 Å². The second kappa shape index (κ2) is 8.54. The standard InChI is InChI=1S/C27H25N5O4/c33-23-21-13-29-26(30-19-6-2-5-18(12-19)27(36)9-10-28-15-27)31-24(21)32(14-22(23)25(34)35)20-8-7-16-3-1-4-17(16)11-20/h2,5-8,11-14,28,36H,1,3-4,9-10,15H2,(H,34,35)(H,29,30,31). The molecule has 4 N–H and O–H groups in total. The third-order valence-corrected chi connectivity index (χ3v) is 7.12. The van der Waals surface area contributed by atoms with Gasteiger partial charge in [0.25, 0.3) is 0 Å². The summed E-state index contributed by atoms with van der Waals surface area (Å²) in [4.78, 5) is 33.6. The predicted molar refractivity (Wildman–Crippen MR) is 135 cm³/mol. The molecule has 2 aromatic heterocycles. The Morgan fingerprint density at radius 3 is 2.81 bits per heavy atom. The first-order valence-electron chi connectivity index (χ1n) is 12.0. The Labute approximate surface area is 206 Å². The highest BCUT2D eigenvalue weighted by atomic mass is 16.4. The first kappa shape index (κ1) is 22.4. The van der Waals surface area contributed by atoms with Crippen molar-refractivity contribution in [3.05, 3.63) is 87.3 Å². The lowest BCUT2D eigenvalue weighted by Gasteiger charge is -2.22. The van der Waals surface area contributed by atoms with Gasteiger partial charge >= 0.3 is 5.97 Å². The fraction of sp³-hybridized carbons (Fsp3) is 0.259. The molecule has 0 bridgehead atoms. The van der Waals surface area contributed by atoms with E-state index in [0.29, 0.717) is 24.3 Å². The molecule has 4 aromatic rings. The number of carboxylic acid groups (broad SMARTS) is 1. The van der Waals surface area contributed by atoms with Crippen molar-refractivity contribution in [2.24, 2.45) is 0 Å². The van der Waals surface area contributed by atoms with Crippen LogP contribution < -0.4 is 16.1 Å². The van der Waals surface area contributed by atoms with Gasteiger partial charge in [-0.2, -0.15) is 4.98 Å². The molecule has 0 saturated carbocycles. The summed E-state index contributed by atoms with van der Waals surface area (Å²) < 4.78 is 1.65. The number of aliphatic hydroxyl groups is 1. The predicted octanol–water partition coefficient (Wildman–Crippen LogP) is 2.89. The summed E-state index contributed by atoms with van der Waals surface area (Å²) in [7, 11) is 0. The number of hydrogen-bond donors (Lipinski definition) is 4. The molecule has 1 unspecified atom stereocenters. The summed E-state index contributed by atoms with van der Waals surface area (Å²) in [5.41, 5.74) is 3.17. The molecular formula is C27H25N5O4. The van der Waals surface area contributed by atoms with Crippen molar-refractivity contribution in [3.63, 3.8) is 0 Å². The SMILES string of the molecule is O=C(O)c1cn(-c2ccc3c(c2)CCC3)c2nc(Nc3cccc(C4(O)CCNC4)c3)ncc2c1=O. The van der Waals surface area contributed by atoms with Crippen LogP contribution in [0.2, 0.25) is 0 Å². The molecule has 1 fully saturated rings. The van der Waals surface area contributed by atoms with Gasteiger partial charge in [-0.1, -0.05) is 18.2 Å². The number of benzene rings is 2. The summed E-state index contributed by atoms with van der Waals surface area (Å²) in [6.45, 7) is 1.24. The third-order valence-electron chi connectivity index (χ3n) is 7.12. The van der Waals surface area contributed by atoms with E-state index in [-0.39, 0.29) is 16.9 Å². The Hall–Kier alpha value is -4.08. The molecule has 1 aliphatic carbocycles. The number of carbonyl (C=O) groups is 1. The molecule has 1 aliphatic heterocycles. The highest BCUT2D eigenvalue weighted by Gasteiger charge is 2.33. The van der Waals surface area contributed by atoms with Crippen molar-refractivity contribution in [3.8, 4) is 5.69 Å². The number of aromatic nitrogens is 3. The maximum Gasteiger partial charge on any atom is 0.341 e. The number of pyridine rings is 1. The number of aryl methyl sites for hydroxylation is 2. The van der Waals surface area contributed by atoms with Gasteiger partial charge in [0.2, 0.25) is 11.4 Å². The quantitative estimate of drug-likeness (QED) is 0.341. The number of rotatable bonds is 5. The fourth-order valence-electron chi connectivity index (χ4n) is 5.17. The Balaban J connectivity index is 1.45. The van der Waals surface area contributed by atoms with E-state index in [9.17, 15) is 19.8 Å². The number of hydrogen-bond acceptors (Lipinski definition) is 7. The molecule has 3 heterocycles. The average molecular weight is 484 g/mol. The molecule has 9 nitrogen and oxygen atoms in total. The van der Waals surface area contributed by atoms with Crippen LogP contribution in [0.25, 0.3) is 16.7 Å². The van der Waals surface area contributed by atoms with Crippen LogP contribution >= 0.6 is 0 Å². The number of anilines is 2. The van der Waals surface area contributed by atoms with Crippen LogP contribution in [0.5, 0.6) is 0 Å². The molecular weight excluding hydrogens is 458 g/mol. The topological polar surface area (TPSA) is 129 Å². The van der Waals surface area contributed by atoms with E-state index < -0.39 is 17.0 Å². The van der Waals surface area contributed by atoms with Gasteiger partial charge in [-0.25, -0.2) is 9.78 Å². The lowest BCUT2D eigenvalue weighted by molar-refractivity contribution is 0.0588. The zero-order valence-electron chi connectivity index (χ0n) is 19.5. The second-order valence-electron chi connectivity index (χ2n) is 9.45. The van der Waals surface area contributed by atoms with Gasteiger partial charge in [0.05, 0.1) is 5.39 Å². The van der Waals surface area contributed by atoms with Crippen molar-refractivity contribution in [2.45, 2.75) is 31.3 Å². The van der Waals surface area contributed by atoms with Gasteiger partial charge in [-0.3, -0.25) is 4.79 Å². The van der Waals surface area contributed by atoms with Crippen molar-refractivity contribution in [1.82, 2.24) is 19.9 Å². The fourth-order valence-corrected chi connectivity index (χ4v) is 5.17. The third kappa shape index (κ3) is 3.82. The van der Waals surface area contributed by atoms with Crippen LogP contribution in [0.15, 0.2) is 59.7 Å². The first-order valence-corrected chi connectivity index (χ1v) is 12.0. The molecule has 36 heavy (non-hydrogen) atoms.